The molecule has 1 N–H and O–H groups in total. The highest BCUT2D eigenvalue weighted by molar-refractivity contribution is 7.17. The maximum atomic E-state index is 11.0. The van der Waals surface area contributed by atoms with Gasteiger partial charge in [-0.3, -0.25) is 5.32 Å². The lowest BCUT2D eigenvalue weighted by molar-refractivity contribution is 0.187. The molecule has 1 heterocycles. The molecule has 3 nitrogen and oxygen atoms in total. The van der Waals surface area contributed by atoms with Gasteiger partial charge in [0, 0.05) is 15.5 Å². The van der Waals surface area contributed by atoms with E-state index in [9.17, 15) is 4.79 Å². The summed E-state index contributed by atoms with van der Waals surface area (Å²) in [5, 5.41) is 5.61. The lowest BCUT2D eigenvalue weighted by atomic mass is 10.2. The van der Waals surface area contributed by atoms with Crippen molar-refractivity contribution in [2.45, 2.75) is 0 Å². The van der Waals surface area contributed by atoms with Crippen LogP contribution in [-0.2, 0) is 4.74 Å². The Kier molecular flexibility index (Phi) is 2.37. The Bertz CT molecular complexity index is 464. The molecule has 0 aliphatic carbocycles. The molecular formula is C10H9NO2S. The molecule has 0 fully saturated rings. The molecular weight excluding hydrogens is 198 g/mol. The van der Waals surface area contributed by atoms with E-state index >= 15 is 0 Å². The number of methoxy groups -OCH3 is 1. The van der Waals surface area contributed by atoms with Crippen molar-refractivity contribution in [2.75, 3.05) is 12.4 Å². The molecule has 0 aliphatic heterocycles. The number of thiophene rings is 1. The number of hydrogen-bond acceptors (Lipinski definition) is 3. The summed E-state index contributed by atoms with van der Waals surface area (Å²) >= 11 is 1.60. The molecule has 0 saturated heterocycles. The highest BCUT2D eigenvalue weighted by Crippen LogP contribution is 2.29. The largest absolute Gasteiger partial charge is 0.453 e. The van der Waals surface area contributed by atoms with Crippen LogP contribution in [0.3, 0.4) is 0 Å². The van der Waals surface area contributed by atoms with Gasteiger partial charge in [-0.1, -0.05) is 18.2 Å². The minimum absolute atomic E-state index is 0.437. The second kappa shape index (κ2) is 3.67. The zero-order chi connectivity index (χ0) is 9.97. The fraction of sp³-hybridized carbons (Fsp3) is 0.100. The lowest BCUT2D eigenvalue weighted by Gasteiger charge is -2.00. The van der Waals surface area contributed by atoms with Crippen molar-refractivity contribution in [1.29, 1.82) is 0 Å². The van der Waals surface area contributed by atoms with Gasteiger partial charge in [-0.05, 0) is 6.07 Å². The van der Waals surface area contributed by atoms with Crippen LogP contribution in [0.2, 0.25) is 0 Å². The lowest BCUT2D eigenvalue weighted by Crippen LogP contribution is -2.10. The van der Waals surface area contributed by atoms with Crippen molar-refractivity contribution >= 4 is 33.2 Å². The molecule has 0 unspecified atom stereocenters. The predicted octanol–water partition coefficient (Wildman–Crippen LogP) is 3.08. The second-order valence-electron chi connectivity index (χ2n) is 2.76. The first-order valence-corrected chi connectivity index (χ1v) is 5.00. The first-order valence-electron chi connectivity index (χ1n) is 4.12. The molecule has 0 atom stereocenters. The molecule has 0 saturated carbocycles. The van der Waals surface area contributed by atoms with Crippen LogP contribution in [0.4, 0.5) is 10.5 Å². The van der Waals surface area contributed by atoms with E-state index in [4.69, 9.17) is 0 Å². The Hall–Kier alpha value is -1.55. The summed E-state index contributed by atoms with van der Waals surface area (Å²) in [6.07, 6.45) is -0.437. The van der Waals surface area contributed by atoms with Crippen LogP contribution in [0, 0.1) is 0 Å². The Balaban J connectivity index is 2.38. The van der Waals surface area contributed by atoms with Crippen LogP contribution in [0.15, 0.2) is 29.6 Å². The standard InChI is InChI=1S/C10H9NO2S/c1-13-10(12)11-8-6-14-9-5-3-2-4-7(8)9/h2-6H,1H3,(H,11,12). The van der Waals surface area contributed by atoms with E-state index < -0.39 is 6.09 Å². The van der Waals surface area contributed by atoms with Gasteiger partial charge in [-0.15, -0.1) is 11.3 Å². The Morgan fingerprint density at radius 2 is 2.21 bits per heavy atom. The quantitative estimate of drug-likeness (QED) is 0.780. The van der Waals surface area contributed by atoms with Crippen molar-refractivity contribution < 1.29 is 9.53 Å². The molecule has 2 rings (SSSR count). The van der Waals surface area contributed by atoms with Gasteiger partial charge in [0.1, 0.15) is 0 Å². The topological polar surface area (TPSA) is 38.3 Å². The van der Waals surface area contributed by atoms with E-state index in [2.05, 4.69) is 10.1 Å². The van der Waals surface area contributed by atoms with Crippen molar-refractivity contribution in [1.82, 2.24) is 0 Å². The maximum Gasteiger partial charge on any atom is 0.411 e. The van der Waals surface area contributed by atoms with Crippen molar-refractivity contribution in [3.8, 4) is 0 Å². The number of fused-ring (bicyclic) bond motifs is 1. The Morgan fingerprint density at radius 1 is 1.43 bits per heavy atom. The SMILES string of the molecule is COC(=O)Nc1csc2ccccc12. The molecule has 0 bridgehead atoms. The van der Waals surface area contributed by atoms with E-state index in [0.717, 1.165) is 15.8 Å². The molecule has 0 spiro atoms. The fourth-order valence-corrected chi connectivity index (χ4v) is 2.13. The molecule has 4 heteroatoms. The van der Waals surface area contributed by atoms with E-state index in [1.54, 1.807) is 11.3 Å². The zero-order valence-electron chi connectivity index (χ0n) is 7.61. The third kappa shape index (κ3) is 1.56. The van der Waals surface area contributed by atoms with E-state index in [1.807, 2.05) is 29.6 Å². The number of ether oxygens (including phenoxy) is 1. The summed E-state index contributed by atoms with van der Waals surface area (Å²) in [4.78, 5) is 11.0. The van der Waals surface area contributed by atoms with Gasteiger partial charge in [0.05, 0.1) is 12.8 Å². The highest BCUT2D eigenvalue weighted by atomic mass is 32.1. The van der Waals surface area contributed by atoms with Crippen molar-refractivity contribution in [3.63, 3.8) is 0 Å². The smallest absolute Gasteiger partial charge is 0.411 e. The maximum absolute atomic E-state index is 11.0. The third-order valence-electron chi connectivity index (χ3n) is 1.90. The van der Waals surface area contributed by atoms with E-state index in [0.29, 0.717) is 0 Å². The number of nitrogens with one attached hydrogen (secondary N) is 1. The van der Waals surface area contributed by atoms with Crippen LogP contribution in [-0.4, -0.2) is 13.2 Å². The van der Waals surface area contributed by atoms with Crippen LogP contribution >= 0.6 is 11.3 Å². The normalized spacial score (nSPS) is 10.1. The average Bonchev–Trinajstić information content (AvgIpc) is 2.62. The van der Waals surface area contributed by atoms with Gasteiger partial charge in [-0.25, -0.2) is 4.79 Å². The molecule has 72 valence electrons. The Labute approximate surface area is 85.3 Å². The predicted molar refractivity (Wildman–Crippen MR) is 57.9 cm³/mol. The first-order chi connectivity index (χ1) is 6.81. The van der Waals surface area contributed by atoms with Gasteiger partial charge >= 0.3 is 6.09 Å². The number of carbonyl (C=O) groups excluding carboxylic acids is 1. The van der Waals surface area contributed by atoms with Gasteiger partial charge in [0.2, 0.25) is 0 Å². The third-order valence-corrected chi connectivity index (χ3v) is 2.87. The van der Waals surface area contributed by atoms with Gasteiger partial charge in [0.25, 0.3) is 0 Å². The second-order valence-corrected chi connectivity index (χ2v) is 3.67. The summed E-state index contributed by atoms with van der Waals surface area (Å²) < 4.78 is 5.68. The highest BCUT2D eigenvalue weighted by Gasteiger charge is 2.06. The van der Waals surface area contributed by atoms with Crippen LogP contribution in [0.25, 0.3) is 10.1 Å². The zero-order valence-corrected chi connectivity index (χ0v) is 8.43. The summed E-state index contributed by atoms with van der Waals surface area (Å²) in [6.45, 7) is 0. The average molecular weight is 207 g/mol. The fourth-order valence-electron chi connectivity index (χ4n) is 1.24. The number of carbonyl (C=O) groups is 1. The molecule has 1 aromatic heterocycles. The first kappa shape index (κ1) is 9.02. The number of anilines is 1. The Morgan fingerprint density at radius 3 is 3.00 bits per heavy atom. The van der Waals surface area contributed by atoms with Crippen LogP contribution < -0.4 is 5.32 Å². The van der Waals surface area contributed by atoms with Gasteiger partial charge < -0.3 is 4.74 Å². The molecule has 1 amide bonds. The monoisotopic (exact) mass is 207 g/mol. The molecule has 2 aromatic rings. The molecule has 1 aromatic carbocycles. The number of amides is 1. The summed E-state index contributed by atoms with van der Waals surface area (Å²) in [5.74, 6) is 0. The minimum Gasteiger partial charge on any atom is -0.453 e. The van der Waals surface area contributed by atoms with Crippen LogP contribution in [0.5, 0.6) is 0 Å². The number of rotatable bonds is 1. The number of hydrogen-bond donors (Lipinski definition) is 1. The van der Waals surface area contributed by atoms with Crippen molar-refractivity contribution in [3.05, 3.63) is 29.6 Å². The van der Waals surface area contributed by atoms with E-state index in [1.165, 1.54) is 7.11 Å². The number of benzene rings is 1. The summed E-state index contributed by atoms with van der Waals surface area (Å²) in [6, 6.07) is 7.90. The summed E-state index contributed by atoms with van der Waals surface area (Å²) in [7, 11) is 1.35. The van der Waals surface area contributed by atoms with Crippen LogP contribution in [0.1, 0.15) is 0 Å². The minimum atomic E-state index is -0.437. The molecule has 14 heavy (non-hydrogen) atoms. The molecule has 0 radical (unpaired) electrons. The summed E-state index contributed by atoms with van der Waals surface area (Å²) in [5.41, 5.74) is 0.803. The molecule has 0 aliphatic rings. The van der Waals surface area contributed by atoms with Crippen molar-refractivity contribution in [2.24, 2.45) is 0 Å². The van der Waals surface area contributed by atoms with E-state index in [-0.39, 0.29) is 0 Å². The van der Waals surface area contributed by atoms with Gasteiger partial charge in [-0.2, -0.15) is 0 Å². The van der Waals surface area contributed by atoms with Gasteiger partial charge in [0.15, 0.2) is 0 Å².